The highest BCUT2D eigenvalue weighted by atomic mass is 32.1. The Labute approximate surface area is 137 Å². The fourth-order valence-corrected chi connectivity index (χ4v) is 3.44. The first kappa shape index (κ1) is 14.1. The molecule has 3 aromatic heterocycles. The van der Waals surface area contributed by atoms with Crippen molar-refractivity contribution in [1.29, 1.82) is 0 Å². The lowest BCUT2D eigenvalue weighted by Gasteiger charge is -2.18. The van der Waals surface area contributed by atoms with Crippen molar-refractivity contribution in [3.8, 4) is 10.4 Å². The van der Waals surface area contributed by atoms with Gasteiger partial charge in [-0.3, -0.25) is 0 Å². The molecule has 0 aromatic carbocycles. The van der Waals surface area contributed by atoms with Gasteiger partial charge in [0, 0.05) is 29.9 Å². The monoisotopic (exact) mass is 327 g/mol. The van der Waals surface area contributed by atoms with Crippen LogP contribution >= 0.6 is 11.3 Å². The zero-order valence-corrected chi connectivity index (χ0v) is 13.3. The van der Waals surface area contributed by atoms with Crippen molar-refractivity contribution in [3.63, 3.8) is 0 Å². The number of fused-ring (bicyclic) bond motifs is 1. The molecule has 4 heterocycles. The van der Waals surface area contributed by atoms with E-state index < -0.39 is 0 Å². The topological polar surface area (TPSA) is 45.2 Å². The number of nitrogens with zero attached hydrogens (tertiary/aromatic N) is 5. The number of rotatable bonds is 3. The smallest absolute Gasteiger partial charge is 0.176 e. The van der Waals surface area contributed by atoms with Gasteiger partial charge in [0.15, 0.2) is 10.9 Å². The van der Waals surface area contributed by atoms with E-state index in [9.17, 15) is 4.39 Å². The molecule has 0 fully saturated rings. The lowest BCUT2D eigenvalue weighted by atomic mass is 10.2. The van der Waals surface area contributed by atoms with Crippen molar-refractivity contribution < 1.29 is 4.39 Å². The minimum absolute atomic E-state index is 0.186. The van der Waals surface area contributed by atoms with Gasteiger partial charge < -0.3 is 9.80 Å². The van der Waals surface area contributed by atoms with Gasteiger partial charge in [0.25, 0.3) is 0 Å². The van der Waals surface area contributed by atoms with E-state index in [1.807, 2.05) is 19.2 Å². The second kappa shape index (κ2) is 5.58. The number of hydrogen-bond acceptors (Lipinski definition) is 6. The highest BCUT2D eigenvalue weighted by molar-refractivity contribution is 7.13. The number of halogens is 1. The van der Waals surface area contributed by atoms with Crippen LogP contribution in [0.5, 0.6) is 0 Å². The predicted octanol–water partition coefficient (Wildman–Crippen LogP) is 3.15. The van der Waals surface area contributed by atoms with E-state index >= 15 is 0 Å². The van der Waals surface area contributed by atoms with Crippen LogP contribution < -0.4 is 9.80 Å². The molecule has 7 heteroatoms. The third kappa shape index (κ3) is 2.63. The summed E-state index contributed by atoms with van der Waals surface area (Å²) in [6.45, 7) is 1.40. The van der Waals surface area contributed by atoms with Gasteiger partial charge in [-0.05, 0) is 30.3 Å². The fraction of sp³-hybridized carbons (Fsp3) is 0.188. The Morgan fingerprint density at radius 2 is 2.22 bits per heavy atom. The van der Waals surface area contributed by atoms with E-state index in [0.717, 1.165) is 45.6 Å². The lowest BCUT2D eigenvalue weighted by molar-refractivity contribution is 0.657. The summed E-state index contributed by atoms with van der Waals surface area (Å²) in [4.78, 5) is 9.71. The van der Waals surface area contributed by atoms with Gasteiger partial charge in [0.2, 0.25) is 0 Å². The van der Waals surface area contributed by atoms with Crippen molar-refractivity contribution in [3.05, 3.63) is 53.6 Å². The molecule has 5 nitrogen and oxygen atoms in total. The molecule has 0 atom stereocenters. The van der Waals surface area contributed by atoms with E-state index in [2.05, 4.69) is 31.0 Å². The zero-order valence-electron chi connectivity index (χ0n) is 12.5. The first-order valence-corrected chi connectivity index (χ1v) is 8.01. The second-order valence-corrected chi connectivity index (χ2v) is 6.46. The van der Waals surface area contributed by atoms with Crippen LogP contribution in [0.2, 0.25) is 0 Å². The Morgan fingerprint density at radius 3 is 2.96 bits per heavy atom. The van der Waals surface area contributed by atoms with Crippen molar-refractivity contribution in [2.75, 3.05) is 23.5 Å². The van der Waals surface area contributed by atoms with E-state index in [-0.39, 0.29) is 5.13 Å². The molecule has 0 aliphatic carbocycles. The quantitative estimate of drug-likeness (QED) is 0.739. The highest BCUT2D eigenvalue weighted by Crippen LogP contribution is 2.38. The maximum absolute atomic E-state index is 13.3. The van der Waals surface area contributed by atoms with Crippen molar-refractivity contribution in [2.45, 2.75) is 6.54 Å². The summed E-state index contributed by atoms with van der Waals surface area (Å²) in [6, 6.07) is 9.17. The molecule has 0 amide bonds. The molecule has 0 radical (unpaired) electrons. The first-order chi connectivity index (χ1) is 11.2. The average Bonchev–Trinajstić information content (AvgIpc) is 3.13. The van der Waals surface area contributed by atoms with Crippen LogP contribution in [0.15, 0.2) is 42.7 Å². The first-order valence-electron chi connectivity index (χ1n) is 7.19. The Hall–Kier alpha value is -2.54. The van der Waals surface area contributed by atoms with E-state index in [4.69, 9.17) is 0 Å². The minimum atomic E-state index is -0.186. The molecular weight excluding hydrogens is 313 g/mol. The SMILES string of the molecule is CN1CN(Cc2cccnn2)c2cc(-c3ccc(F)s3)cnc21. The Morgan fingerprint density at radius 1 is 1.30 bits per heavy atom. The summed E-state index contributed by atoms with van der Waals surface area (Å²) in [5.74, 6) is 0.926. The van der Waals surface area contributed by atoms with Crippen LogP contribution in [0, 0.1) is 5.13 Å². The van der Waals surface area contributed by atoms with Crippen molar-refractivity contribution in [2.24, 2.45) is 0 Å². The summed E-state index contributed by atoms with van der Waals surface area (Å²) in [6.07, 6.45) is 3.46. The normalized spacial score (nSPS) is 13.5. The Kier molecular flexibility index (Phi) is 3.42. The summed E-state index contributed by atoms with van der Waals surface area (Å²) in [5.41, 5.74) is 2.86. The van der Waals surface area contributed by atoms with Gasteiger partial charge >= 0.3 is 0 Å². The largest absolute Gasteiger partial charge is 0.345 e. The summed E-state index contributed by atoms with van der Waals surface area (Å²) in [7, 11) is 2.01. The molecule has 0 bridgehead atoms. The summed E-state index contributed by atoms with van der Waals surface area (Å²) in [5, 5.41) is 7.88. The zero-order chi connectivity index (χ0) is 15.8. The van der Waals surface area contributed by atoms with Crippen LogP contribution in [0.25, 0.3) is 10.4 Å². The van der Waals surface area contributed by atoms with Gasteiger partial charge in [0.1, 0.15) is 0 Å². The maximum atomic E-state index is 13.3. The number of thiophene rings is 1. The van der Waals surface area contributed by atoms with Crippen LogP contribution in [0.4, 0.5) is 15.9 Å². The predicted molar refractivity (Wildman–Crippen MR) is 89.0 cm³/mol. The van der Waals surface area contributed by atoms with Crippen molar-refractivity contribution >= 4 is 22.8 Å². The van der Waals surface area contributed by atoms with Crippen LogP contribution in [-0.4, -0.2) is 28.9 Å². The van der Waals surface area contributed by atoms with Gasteiger partial charge in [-0.2, -0.15) is 14.6 Å². The lowest BCUT2D eigenvalue weighted by Crippen LogP contribution is -2.28. The maximum Gasteiger partial charge on any atom is 0.176 e. The molecule has 0 N–H and O–H groups in total. The molecule has 0 unspecified atom stereocenters. The molecule has 3 aromatic rings. The van der Waals surface area contributed by atoms with Crippen molar-refractivity contribution in [1.82, 2.24) is 15.2 Å². The summed E-state index contributed by atoms with van der Waals surface area (Å²) >= 11 is 1.13. The van der Waals surface area contributed by atoms with Crippen LogP contribution in [0.3, 0.4) is 0 Å². The van der Waals surface area contributed by atoms with Gasteiger partial charge in [-0.25, -0.2) is 4.98 Å². The Bertz CT molecular complexity index is 835. The number of pyridine rings is 1. The summed E-state index contributed by atoms with van der Waals surface area (Å²) < 4.78 is 13.3. The molecule has 4 rings (SSSR count). The third-order valence-corrected chi connectivity index (χ3v) is 4.69. The molecule has 116 valence electrons. The van der Waals surface area contributed by atoms with E-state index in [0.29, 0.717) is 6.54 Å². The molecule has 1 aliphatic rings. The Balaban J connectivity index is 1.69. The van der Waals surface area contributed by atoms with Crippen LogP contribution in [-0.2, 0) is 6.54 Å². The van der Waals surface area contributed by atoms with Gasteiger partial charge in [-0.1, -0.05) is 0 Å². The minimum Gasteiger partial charge on any atom is -0.345 e. The molecule has 0 spiro atoms. The fourth-order valence-electron chi connectivity index (χ4n) is 2.72. The molecule has 23 heavy (non-hydrogen) atoms. The average molecular weight is 327 g/mol. The molecule has 1 aliphatic heterocycles. The number of anilines is 2. The van der Waals surface area contributed by atoms with E-state index in [1.165, 1.54) is 6.07 Å². The standard InChI is InChI=1S/C16H14FN5S/c1-21-10-22(9-12-3-2-6-19-20-12)13-7-11(8-18-16(13)21)14-4-5-15(17)23-14/h2-8H,9-10H2,1H3. The van der Waals surface area contributed by atoms with Crippen LogP contribution in [0.1, 0.15) is 5.69 Å². The second-order valence-electron chi connectivity index (χ2n) is 5.42. The van der Waals surface area contributed by atoms with Gasteiger partial charge in [0.05, 0.1) is 24.6 Å². The number of aromatic nitrogens is 3. The molecular formula is C16H14FN5S. The molecule has 0 saturated carbocycles. The van der Waals surface area contributed by atoms with E-state index in [1.54, 1.807) is 18.5 Å². The third-order valence-electron chi connectivity index (χ3n) is 3.77. The number of hydrogen-bond donors (Lipinski definition) is 0. The van der Waals surface area contributed by atoms with Gasteiger partial charge in [-0.15, -0.1) is 11.3 Å². The molecule has 0 saturated heterocycles. The highest BCUT2D eigenvalue weighted by Gasteiger charge is 2.25.